The van der Waals surface area contributed by atoms with Crippen molar-refractivity contribution in [2.75, 3.05) is 6.54 Å². The van der Waals surface area contributed by atoms with E-state index < -0.39 is 5.60 Å². The average molecular weight is 248 g/mol. The van der Waals surface area contributed by atoms with Gasteiger partial charge in [-0.15, -0.1) is 0 Å². The van der Waals surface area contributed by atoms with Gasteiger partial charge in [0.15, 0.2) is 0 Å². The van der Waals surface area contributed by atoms with E-state index in [0.717, 1.165) is 25.7 Å². The molecule has 18 heavy (non-hydrogen) atoms. The lowest BCUT2D eigenvalue weighted by atomic mass is 9.79. The quantitative estimate of drug-likeness (QED) is 0.856. The van der Waals surface area contributed by atoms with Crippen molar-refractivity contribution >= 4 is 5.91 Å². The maximum absolute atomic E-state index is 11.8. The molecule has 0 aromatic carbocycles. The molecular weight excluding hydrogens is 228 g/mol. The van der Waals surface area contributed by atoms with Crippen molar-refractivity contribution in [3.63, 3.8) is 0 Å². The highest BCUT2D eigenvalue weighted by Gasteiger charge is 2.32. The number of nitrogens with one attached hydrogen (secondary N) is 1. The first-order valence-electron chi connectivity index (χ1n) is 6.51. The first-order valence-corrected chi connectivity index (χ1v) is 6.51. The Bertz CT molecular complexity index is 408. The number of aromatic nitrogens is 1. The molecule has 0 saturated heterocycles. The molecule has 2 N–H and O–H groups in total. The van der Waals surface area contributed by atoms with Gasteiger partial charge in [-0.2, -0.15) is 0 Å². The number of aliphatic hydroxyl groups is 1. The zero-order valence-corrected chi connectivity index (χ0v) is 10.7. The van der Waals surface area contributed by atoms with Crippen molar-refractivity contribution in [2.24, 2.45) is 5.92 Å². The fourth-order valence-corrected chi connectivity index (χ4v) is 2.63. The zero-order chi connectivity index (χ0) is 13.0. The van der Waals surface area contributed by atoms with E-state index in [1.54, 1.807) is 24.4 Å². The van der Waals surface area contributed by atoms with Crippen LogP contribution in [0.2, 0.25) is 0 Å². The molecule has 1 heterocycles. The van der Waals surface area contributed by atoms with E-state index in [1.165, 1.54) is 0 Å². The van der Waals surface area contributed by atoms with Crippen molar-refractivity contribution in [3.05, 3.63) is 30.1 Å². The summed E-state index contributed by atoms with van der Waals surface area (Å²) in [5.74, 6) is 0.303. The van der Waals surface area contributed by atoms with Crippen LogP contribution in [0.4, 0.5) is 0 Å². The maximum atomic E-state index is 11.8. The normalized spacial score (nSPS) is 27.8. The molecule has 0 spiro atoms. The van der Waals surface area contributed by atoms with Crippen molar-refractivity contribution in [3.8, 4) is 0 Å². The molecule has 1 aromatic heterocycles. The summed E-state index contributed by atoms with van der Waals surface area (Å²) < 4.78 is 0. The Morgan fingerprint density at radius 1 is 1.61 bits per heavy atom. The van der Waals surface area contributed by atoms with Crippen molar-refractivity contribution in [1.82, 2.24) is 10.3 Å². The molecule has 1 aliphatic carbocycles. The summed E-state index contributed by atoms with van der Waals surface area (Å²) in [6.45, 7) is 2.46. The molecule has 1 saturated carbocycles. The second-order valence-corrected chi connectivity index (χ2v) is 5.32. The predicted octanol–water partition coefficient (Wildman–Crippen LogP) is 1.75. The van der Waals surface area contributed by atoms with Gasteiger partial charge in [-0.05, 0) is 30.9 Å². The minimum atomic E-state index is -0.748. The second kappa shape index (κ2) is 5.48. The highest BCUT2D eigenvalue weighted by molar-refractivity contribution is 5.92. The van der Waals surface area contributed by atoms with Crippen LogP contribution in [0.1, 0.15) is 43.1 Å². The standard InChI is InChI=1S/C14H20N2O2/c1-11-5-4-7-14(18,9-11)10-16-13(17)12-6-2-3-8-15-12/h2-3,6,8,11,18H,4-5,7,9-10H2,1H3,(H,16,17). The molecule has 2 unspecified atom stereocenters. The second-order valence-electron chi connectivity index (χ2n) is 5.32. The minimum Gasteiger partial charge on any atom is -0.388 e. The lowest BCUT2D eigenvalue weighted by Crippen LogP contribution is -2.45. The summed E-state index contributed by atoms with van der Waals surface area (Å²) in [7, 11) is 0. The summed E-state index contributed by atoms with van der Waals surface area (Å²) in [6.07, 6.45) is 5.30. The third-order valence-corrected chi connectivity index (χ3v) is 3.54. The Balaban J connectivity index is 1.89. The monoisotopic (exact) mass is 248 g/mol. The first-order chi connectivity index (χ1) is 8.59. The molecule has 1 fully saturated rings. The number of nitrogens with zero attached hydrogens (tertiary/aromatic N) is 1. The van der Waals surface area contributed by atoms with E-state index in [-0.39, 0.29) is 5.91 Å². The van der Waals surface area contributed by atoms with Crippen molar-refractivity contribution < 1.29 is 9.90 Å². The Morgan fingerprint density at radius 2 is 2.44 bits per heavy atom. The van der Waals surface area contributed by atoms with Crippen LogP contribution in [0.5, 0.6) is 0 Å². The lowest BCUT2D eigenvalue weighted by molar-refractivity contribution is -0.0109. The fraction of sp³-hybridized carbons (Fsp3) is 0.571. The average Bonchev–Trinajstić information content (AvgIpc) is 2.37. The number of amides is 1. The summed E-state index contributed by atoms with van der Waals surface area (Å²) in [6, 6.07) is 5.22. The first kappa shape index (κ1) is 13.0. The van der Waals surface area contributed by atoms with Crippen LogP contribution in [0, 0.1) is 5.92 Å². The third kappa shape index (κ3) is 3.29. The molecule has 0 radical (unpaired) electrons. The minimum absolute atomic E-state index is 0.220. The zero-order valence-electron chi connectivity index (χ0n) is 10.7. The van der Waals surface area contributed by atoms with Crippen LogP contribution in [0.25, 0.3) is 0 Å². The lowest BCUT2D eigenvalue weighted by Gasteiger charge is -2.35. The molecule has 1 aliphatic rings. The topological polar surface area (TPSA) is 62.2 Å². The maximum Gasteiger partial charge on any atom is 0.269 e. The Kier molecular flexibility index (Phi) is 3.97. The predicted molar refractivity (Wildman–Crippen MR) is 69.2 cm³/mol. The summed E-state index contributed by atoms with van der Waals surface area (Å²) in [4.78, 5) is 15.8. The van der Waals surface area contributed by atoms with Gasteiger partial charge in [-0.1, -0.05) is 25.8 Å². The van der Waals surface area contributed by atoms with Gasteiger partial charge in [0.1, 0.15) is 5.69 Å². The van der Waals surface area contributed by atoms with E-state index in [2.05, 4.69) is 17.2 Å². The van der Waals surface area contributed by atoms with E-state index in [9.17, 15) is 9.90 Å². The molecule has 0 bridgehead atoms. The van der Waals surface area contributed by atoms with E-state index in [1.807, 2.05) is 0 Å². The van der Waals surface area contributed by atoms with Gasteiger partial charge >= 0.3 is 0 Å². The van der Waals surface area contributed by atoms with Gasteiger partial charge in [0, 0.05) is 12.7 Å². The van der Waals surface area contributed by atoms with E-state index in [4.69, 9.17) is 0 Å². The highest BCUT2D eigenvalue weighted by atomic mass is 16.3. The number of carbonyl (C=O) groups excluding carboxylic acids is 1. The van der Waals surface area contributed by atoms with Crippen molar-refractivity contribution in [1.29, 1.82) is 0 Å². The largest absolute Gasteiger partial charge is 0.388 e. The van der Waals surface area contributed by atoms with Gasteiger partial charge in [-0.3, -0.25) is 9.78 Å². The van der Waals surface area contributed by atoms with Crippen molar-refractivity contribution in [2.45, 2.75) is 38.2 Å². The van der Waals surface area contributed by atoms with Crippen LogP contribution < -0.4 is 5.32 Å². The molecule has 4 heteroatoms. The molecule has 98 valence electrons. The number of hydrogen-bond acceptors (Lipinski definition) is 3. The number of rotatable bonds is 3. The van der Waals surface area contributed by atoms with Gasteiger partial charge in [0.05, 0.1) is 5.60 Å². The summed E-state index contributed by atoms with van der Waals surface area (Å²) in [5, 5.41) is 13.2. The fourth-order valence-electron chi connectivity index (χ4n) is 2.63. The van der Waals surface area contributed by atoms with E-state index >= 15 is 0 Å². The van der Waals surface area contributed by atoms with Gasteiger partial charge < -0.3 is 10.4 Å². The Labute approximate surface area is 107 Å². The number of carbonyl (C=O) groups is 1. The molecule has 4 nitrogen and oxygen atoms in total. The van der Waals surface area contributed by atoms with E-state index in [0.29, 0.717) is 18.2 Å². The molecule has 2 atom stereocenters. The molecule has 2 rings (SSSR count). The Morgan fingerprint density at radius 3 is 3.11 bits per heavy atom. The molecule has 1 amide bonds. The van der Waals surface area contributed by atoms with Crippen LogP contribution >= 0.6 is 0 Å². The van der Waals surface area contributed by atoms with Crippen LogP contribution in [0.15, 0.2) is 24.4 Å². The molecular formula is C14H20N2O2. The Hall–Kier alpha value is -1.42. The van der Waals surface area contributed by atoms with Gasteiger partial charge in [0.25, 0.3) is 5.91 Å². The summed E-state index contributed by atoms with van der Waals surface area (Å²) in [5.41, 5.74) is -0.354. The van der Waals surface area contributed by atoms with Gasteiger partial charge in [0.2, 0.25) is 0 Å². The smallest absolute Gasteiger partial charge is 0.269 e. The number of pyridine rings is 1. The van der Waals surface area contributed by atoms with Crippen LogP contribution in [-0.4, -0.2) is 28.1 Å². The van der Waals surface area contributed by atoms with Gasteiger partial charge in [-0.25, -0.2) is 0 Å². The SMILES string of the molecule is CC1CCCC(O)(CNC(=O)c2ccccn2)C1. The third-order valence-electron chi connectivity index (χ3n) is 3.54. The van der Waals surface area contributed by atoms with Crippen LogP contribution in [0.3, 0.4) is 0 Å². The molecule has 0 aliphatic heterocycles. The summed E-state index contributed by atoms with van der Waals surface area (Å²) >= 11 is 0. The number of hydrogen-bond donors (Lipinski definition) is 2. The highest BCUT2D eigenvalue weighted by Crippen LogP contribution is 2.31. The molecule has 1 aromatic rings. The van der Waals surface area contributed by atoms with Crippen LogP contribution in [-0.2, 0) is 0 Å².